The zero-order chi connectivity index (χ0) is 21.0. The maximum Gasteiger partial charge on any atom is 0.522 e. The van der Waals surface area contributed by atoms with E-state index in [2.05, 4.69) is 25.0 Å². The van der Waals surface area contributed by atoms with E-state index in [1.807, 2.05) is 6.92 Å². The first-order valence-electron chi connectivity index (χ1n) is 8.57. The van der Waals surface area contributed by atoms with Crippen LogP contribution in [-0.4, -0.2) is 52.1 Å². The van der Waals surface area contributed by atoms with Crippen LogP contribution in [-0.2, 0) is 11.3 Å². The molecule has 0 fully saturated rings. The van der Waals surface area contributed by atoms with Gasteiger partial charge >= 0.3 is 6.36 Å². The Kier molecular flexibility index (Phi) is 5.97. The van der Waals surface area contributed by atoms with E-state index in [0.717, 1.165) is 5.56 Å². The molecule has 3 aromatic rings. The van der Waals surface area contributed by atoms with Crippen molar-refractivity contribution in [2.24, 2.45) is 0 Å². The van der Waals surface area contributed by atoms with E-state index in [1.54, 1.807) is 22.9 Å². The lowest BCUT2D eigenvalue weighted by Gasteiger charge is -2.09. The summed E-state index contributed by atoms with van der Waals surface area (Å²) in [7, 11) is 1.51. The summed E-state index contributed by atoms with van der Waals surface area (Å²) >= 11 is 0. The van der Waals surface area contributed by atoms with Gasteiger partial charge in [-0.05, 0) is 19.1 Å². The lowest BCUT2D eigenvalue weighted by Crippen LogP contribution is -2.29. The molecule has 1 amide bonds. The Morgan fingerprint density at radius 1 is 1.28 bits per heavy atom. The van der Waals surface area contributed by atoms with E-state index >= 15 is 0 Å². The lowest BCUT2D eigenvalue weighted by molar-refractivity contribution is -0.323. The summed E-state index contributed by atoms with van der Waals surface area (Å²) in [6, 6.07) is 3.52. The van der Waals surface area contributed by atoms with Crippen LogP contribution >= 0.6 is 0 Å². The van der Waals surface area contributed by atoms with Crippen molar-refractivity contribution >= 4 is 16.9 Å². The Hall–Kier alpha value is -3.21. The second kappa shape index (κ2) is 8.43. The van der Waals surface area contributed by atoms with Crippen LogP contribution in [0.4, 0.5) is 13.2 Å². The van der Waals surface area contributed by atoms with Gasteiger partial charge in [0, 0.05) is 24.5 Å². The Morgan fingerprint density at radius 3 is 2.79 bits per heavy atom. The number of ether oxygens (including phenoxy) is 2. The number of aromatic nitrogens is 4. The van der Waals surface area contributed by atoms with Crippen molar-refractivity contribution < 1.29 is 27.4 Å². The summed E-state index contributed by atoms with van der Waals surface area (Å²) in [5, 5.41) is 2.41. The summed E-state index contributed by atoms with van der Waals surface area (Å²) in [6.45, 7) is 1.19. The van der Waals surface area contributed by atoms with Crippen molar-refractivity contribution in [2.75, 3.05) is 20.3 Å². The van der Waals surface area contributed by atoms with Crippen molar-refractivity contribution in [3.05, 3.63) is 47.7 Å². The predicted octanol–water partition coefficient (Wildman–Crippen LogP) is 2.46. The zero-order valence-corrected chi connectivity index (χ0v) is 15.7. The molecule has 3 rings (SSSR count). The van der Waals surface area contributed by atoms with Gasteiger partial charge in [0.25, 0.3) is 5.91 Å². The number of fused-ring (bicyclic) bond motifs is 1. The Bertz CT molecular complexity index is 1020. The number of alkyl halides is 3. The van der Waals surface area contributed by atoms with Crippen molar-refractivity contribution in [1.29, 1.82) is 0 Å². The second-order valence-corrected chi connectivity index (χ2v) is 6.05. The Balaban J connectivity index is 1.83. The predicted molar refractivity (Wildman–Crippen MR) is 96.5 cm³/mol. The summed E-state index contributed by atoms with van der Waals surface area (Å²) in [6.07, 6.45) is -0.223. The average Bonchev–Trinajstić information content (AvgIpc) is 3.05. The van der Waals surface area contributed by atoms with E-state index in [-0.39, 0.29) is 12.1 Å². The molecule has 0 aromatic carbocycles. The number of nitrogens with zero attached hydrogens (tertiary/aromatic N) is 4. The van der Waals surface area contributed by atoms with Crippen LogP contribution in [0.2, 0.25) is 0 Å². The number of amides is 1. The number of rotatable bonds is 7. The molecule has 8 nitrogen and oxygen atoms in total. The third-order valence-electron chi connectivity index (χ3n) is 4.19. The first-order valence-corrected chi connectivity index (χ1v) is 8.57. The van der Waals surface area contributed by atoms with Crippen molar-refractivity contribution in [3.8, 4) is 5.88 Å². The van der Waals surface area contributed by atoms with Crippen molar-refractivity contribution in [2.45, 2.75) is 19.8 Å². The summed E-state index contributed by atoms with van der Waals surface area (Å²) in [4.78, 5) is 25.0. The molecule has 0 atom stereocenters. The van der Waals surface area contributed by atoms with E-state index in [0.29, 0.717) is 29.2 Å². The normalized spacial score (nSPS) is 11.6. The minimum atomic E-state index is -4.74. The zero-order valence-electron chi connectivity index (χ0n) is 15.7. The smallest absolute Gasteiger partial charge is 0.481 e. The lowest BCUT2D eigenvalue weighted by atomic mass is 10.2. The van der Waals surface area contributed by atoms with E-state index < -0.39 is 18.9 Å². The average molecular weight is 409 g/mol. The number of hydrogen-bond donors (Lipinski definition) is 1. The number of hydrogen-bond acceptors (Lipinski definition) is 6. The van der Waals surface area contributed by atoms with Crippen LogP contribution < -0.4 is 10.1 Å². The van der Waals surface area contributed by atoms with Gasteiger partial charge in [-0.15, -0.1) is 13.2 Å². The molecule has 1 N–H and O–H groups in total. The third-order valence-corrected chi connectivity index (χ3v) is 4.19. The van der Waals surface area contributed by atoms with Crippen LogP contribution in [0.5, 0.6) is 5.88 Å². The highest BCUT2D eigenvalue weighted by molar-refractivity contribution is 6.05. The number of methoxy groups -OCH3 is 1. The fraction of sp³-hybridized carbons (Fsp3) is 0.333. The van der Waals surface area contributed by atoms with Crippen molar-refractivity contribution in [3.63, 3.8) is 0 Å². The summed E-state index contributed by atoms with van der Waals surface area (Å²) in [5.74, 6) is -0.0950. The van der Waals surface area contributed by atoms with Gasteiger partial charge in [-0.25, -0.2) is 9.97 Å². The maximum atomic E-state index is 12.5. The van der Waals surface area contributed by atoms with Crippen LogP contribution in [0.15, 0.2) is 30.9 Å². The number of carbonyl (C=O) groups is 1. The van der Waals surface area contributed by atoms with E-state index in [9.17, 15) is 18.0 Å². The quantitative estimate of drug-likeness (QED) is 0.603. The monoisotopic (exact) mass is 409 g/mol. The van der Waals surface area contributed by atoms with Gasteiger partial charge in [-0.2, -0.15) is 0 Å². The first-order chi connectivity index (χ1) is 13.8. The molecule has 0 bridgehead atoms. The molecule has 0 spiro atoms. The highest BCUT2D eigenvalue weighted by atomic mass is 19.4. The molecule has 154 valence electrons. The van der Waals surface area contributed by atoms with E-state index in [4.69, 9.17) is 4.74 Å². The van der Waals surface area contributed by atoms with Gasteiger partial charge in [-0.3, -0.25) is 14.5 Å². The summed E-state index contributed by atoms with van der Waals surface area (Å²) < 4.78 is 46.8. The van der Waals surface area contributed by atoms with E-state index in [1.165, 1.54) is 19.6 Å². The molecule has 3 heterocycles. The molecule has 3 aromatic heterocycles. The van der Waals surface area contributed by atoms with Crippen LogP contribution in [0, 0.1) is 6.92 Å². The molecule has 0 aliphatic carbocycles. The standard InChI is InChI=1S/C18H18F3N5O3/c1-11-13(24-10-25-17(11)28-2)9-26-8-12(15-14(26)4-3-5-22-15)16(27)23-6-7-29-18(19,20)21/h3-5,8,10H,6-7,9H2,1-2H3,(H,23,27). The van der Waals surface area contributed by atoms with Gasteiger partial charge in [-0.1, -0.05) is 0 Å². The minimum Gasteiger partial charge on any atom is -0.481 e. The SMILES string of the molecule is COc1ncnc(Cn2cc(C(=O)NCCOC(F)(F)F)c3ncccc32)c1C. The third kappa shape index (κ3) is 4.80. The van der Waals surface area contributed by atoms with Crippen LogP contribution in [0.3, 0.4) is 0 Å². The van der Waals surface area contributed by atoms with Crippen LogP contribution in [0.1, 0.15) is 21.6 Å². The van der Waals surface area contributed by atoms with Crippen molar-refractivity contribution in [1.82, 2.24) is 24.8 Å². The minimum absolute atomic E-state index is 0.242. The number of pyridine rings is 1. The largest absolute Gasteiger partial charge is 0.522 e. The maximum absolute atomic E-state index is 12.5. The fourth-order valence-corrected chi connectivity index (χ4v) is 2.84. The van der Waals surface area contributed by atoms with Gasteiger partial charge in [0.05, 0.1) is 37.0 Å². The molecular weight excluding hydrogens is 391 g/mol. The molecule has 0 aliphatic rings. The molecular formula is C18H18F3N5O3. The summed E-state index contributed by atoms with van der Waals surface area (Å²) in [5.41, 5.74) is 2.81. The van der Waals surface area contributed by atoms with Crippen LogP contribution in [0.25, 0.3) is 11.0 Å². The number of halogens is 3. The first kappa shape index (κ1) is 20.5. The number of nitrogens with one attached hydrogen (secondary N) is 1. The highest BCUT2D eigenvalue weighted by Gasteiger charge is 2.28. The number of carbonyl (C=O) groups excluding carboxylic acids is 1. The van der Waals surface area contributed by atoms with Gasteiger partial charge in [0.15, 0.2) is 0 Å². The van der Waals surface area contributed by atoms with Gasteiger partial charge < -0.3 is 14.6 Å². The molecule has 11 heteroatoms. The highest BCUT2D eigenvalue weighted by Crippen LogP contribution is 2.23. The molecule has 0 aliphatic heterocycles. The molecule has 0 saturated carbocycles. The molecule has 0 radical (unpaired) electrons. The topological polar surface area (TPSA) is 91.2 Å². The molecule has 29 heavy (non-hydrogen) atoms. The molecule has 0 saturated heterocycles. The van der Waals surface area contributed by atoms with Gasteiger partial charge in [0.1, 0.15) is 11.8 Å². The second-order valence-electron chi connectivity index (χ2n) is 6.05. The fourth-order valence-electron chi connectivity index (χ4n) is 2.84. The Morgan fingerprint density at radius 2 is 2.07 bits per heavy atom. The van der Waals surface area contributed by atoms with Gasteiger partial charge in [0.2, 0.25) is 5.88 Å². The molecule has 0 unspecified atom stereocenters. The Labute approximate surface area is 163 Å².